The fourth-order valence-electron chi connectivity index (χ4n) is 2.57. The molecule has 1 atom stereocenters. The molecule has 0 bridgehead atoms. The Morgan fingerprint density at radius 2 is 2.14 bits per heavy atom. The lowest BCUT2D eigenvalue weighted by molar-refractivity contribution is -0.135. The maximum absolute atomic E-state index is 12.1. The monoisotopic (exact) mass is 314 g/mol. The number of likely N-dealkylation sites (tertiary alicyclic amines) is 1. The van der Waals surface area contributed by atoms with E-state index in [1.165, 1.54) is 11.8 Å². The molecule has 21 heavy (non-hydrogen) atoms. The minimum atomic E-state index is -0.981. The Morgan fingerprint density at radius 1 is 1.38 bits per heavy atom. The second-order valence-electron chi connectivity index (χ2n) is 5.18. The standard InChI is InChI=1S/C12H18N4O4S/c13-8(17)6-21-5-2-9(18)16-4-1-3-12(7-16)10(19)14-11(20)15-12/h1-7H2,(H2,13,17)(H2,14,15,19,20). The summed E-state index contributed by atoms with van der Waals surface area (Å²) < 4.78 is 0. The molecule has 0 aromatic heterocycles. The molecule has 2 aliphatic heterocycles. The first-order valence-corrected chi connectivity index (χ1v) is 7.86. The maximum atomic E-state index is 12.1. The average molecular weight is 314 g/mol. The lowest BCUT2D eigenvalue weighted by Gasteiger charge is -2.38. The Balaban J connectivity index is 1.86. The minimum absolute atomic E-state index is 0.0833. The van der Waals surface area contributed by atoms with E-state index in [1.54, 1.807) is 4.90 Å². The highest BCUT2D eigenvalue weighted by atomic mass is 32.2. The van der Waals surface area contributed by atoms with Gasteiger partial charge in [0.05, 0.1) is 12.3 Å². The van der Waals surface area contributed by atoms with E-state index in [0.717, 1.165) is 0 Å². The molecule has 1 spiro atoms. The number of carbonyl (C=O) groups is 4. The highest BCUT2D eigenvalue weighted by Gasteiger charge is 2.49. The Labute approximate surface area is 126 Å². The van der Waals surface area contributed by atoms with Crippen LogP contribution in [0.15, 0.2) is 0 Å². The zero-order chi connectivity index (χ0) is 15.5. The van der Waals surface area contributed by atoms with Crippen molar-refractivity contribution in [3.05, 3.63) is 0 Å². The quantitative estimate of drug-likeness (QED) is 0.434. The van der Waals surface area contributed by atoms with E-state index >= 15 is 0 Å². The SMILES string of the molecule is NC(=O)CSCCC(=O)N1CCCC2(C1)NC(=O)NC2=O. The number of imide groups is 1. The van der Waals surface area contributed by atoms with Gasteiger partial charge in [-0.05, 0) is 12.8 Å². The lowest BCUT2D eigenvalue weighted by Crippen LogP contribution is -2.59. The van der Waals surface area contributed by atoms with Gasteiger partial charge in [-0.25, -0.2) is 4.79 Å². The van der Waals surface area contributed by atoms with Crippen LogP contribution in [0.25, 0.3) is 0 Å². The molecule has 0 radical (unpaired) electrons. The molecule has 0 aliphatic carbocycles. The summed E-state index contributed by atoms with van der Waals surface area (Å²) in [4.78, 5) is 47.5. The fourth-order valence-corrected chi connectivity index (χ4v) is 3.24. The second-order valence-corrected chi connectivity index (χ2v) is 6.28. The van der Waals surface area contributed by atoms with Crippen molar-refractivity contribution in [1.82, 2.24) is 15.5 Å². The van der Waals surface area contributed by atoms with Gasteiger partial charge in [0.1, 0.15) is 5.54 Å². The van der Waals surface area contributed by atoms with Crippen molar-refractivity contribution >= 4 is 35.5 Å². The Kier molecular flexibility index (Phi) is 4.71. The third kappa shape index (κ3) is 3.66. The van der Waals surface area contributed by atoms with Gasteiger partial charge in [0.2, 0.25) is 11.8 Å². The van der Waals surface area contributed by atoms with Crippen molar-refractivity contribution in [2.75, 3.05) is 24.6 Å². The molecule has 0 aromatic carbocycles. The van der Waals surface area contributed by atoms with Crippen LogP contribution >= 0.6 is 11.8 Å². The van der Waals surface area contributed by atoms with E-state index in [4.69, 9.17) is 5.73 Å². The number of hydrogen-bond donors (Lipinski definition) is 3. The van der Waals surface area contributed by atoms with Gasteiger partial charge in [-0.1, -0.05) is 0 Å². The van der Waals surface area contributed by atoms with Crippen LogP contribution in [0.2, 0.25) is 0 Å². The zero-order valence-electron chi connectivity index (χ0n) is 11.5. The highest BCUT2D eigenvalue weighted by molar-refractivity contribution is 7.99. The van der Waals surface area contributed by atoms with Crippen LogP contribution in [0.4, 0.5) is 4.79 Å². The van der Waals surface area contributed by atoms with Crippen LogP contribution in [0.5, 0.6) is 0 Å². The van der Waals surface area contributed by atoms with E-state index in [0.29, 0.717) is 25.1 Å². The van der Waals surface area contributed by atoms with Gasteiger partial charge in [0, 0.05) is 18.7 Å². The highest BCUT2D eigenvalue weighted by Crippen LogP contribution is 2.25. The van der Waals surface area contributed by atoms with Gasteiger partial charge in [0.25, 0.3) is 5.91 Å². The Morgan fingerprint density at radius 3 is 2.76 bits per heavy atom. The summed E-state index contributed by atoms with van der Waals surface area (Å²) in [6, 6.07) is -0.508. The van der Waals surface area contributed by atoms with E-state index in [-0.39, 0.29) is 30.5 Å². The molecule has 1 unspecified atom stereocenters. The summed E-state index contributed by atoms with van der Waals surface area (Å²) in [6.45, 7) is 0.772. The third-order valence-electron chi connectivity index (χ3n) is 3.56. The van der Waals surface area contributed by atoms with Gasteiger partial charge in [-0.3, -0.25) is 19.7 Å². The van der Waals surface area contributed by atoms with Crippen LogP contribution in [0, 0.1) is 0 Å². The van der Waals surface area contributed by atoms with Crippen molar-refractivity contribution < 1.29 is 19.2 Å². The van der Waals surface area contributed by atoms with Crippen molar-refractivity contribution in [3.63, 3.8) is 0 Å². The number of thioether (sulfide) groups is 1. The summed E-state index contributed by atoms with van der Waals surface area (Å²) in [5, 5.41) is 4.85. The molecule has 9 heteroatoms. The lowest BCUT2D eigenvalue weighted by atomic mass is 9.89. The van der Waals surface area contributed by atoms with Crippen LogP contribution < -0.4 is 16.4 Å². The van der Waals surface area contributed by atoms with Crippen molar-refractivity contribution in [3.8, 4) is 0 Å². The van der Waals surface area contributed by atoms with Crippen LogP contribution in [0.1, 0.15) is 19.3 Å². The number of primary amides is 1. The number of nitrogens with zero attached hydrogens (tertiary/aromatic N) is 1. The number of nitrogens with two attached hydrogens (primary N) is 1. The summed E-state index contributed by atoms with van der Waals surface area (Å²) >= 11 is 1.31. The van der Waals surface area contributed by atoms with Gasteiger partial charge < -0.3 is 16.0 Å². The topological polar surface area (TPSA) is 122 Å². The molecule has 8 nitrogen and oxygen atoms in total. The van der Waals surface area contributed by atoms with Gasteiger partial charge >= 0.3 is 6.03 Å². The van der Waals surface area contributed by atoms with E-state index < -0.39 is 17.5 Å². The minimum Gasteiger partial charge on any atom is -0.369 e. The maximum Gasteiger partial charge on any atom is 0.322 e. The first-order valence-electron chi connectivity index (χ1n) is 6.70. The molecule has 116 valence electrons. The number of carbonyl (C=O) groups excluding carboxylic acids is 4. The van der Waals surface area contributed by atoms with E-state index in [1.807, 2.05) is 0 Å². The van der Waals surface area contributed by atoms with Crippen LogP contribution in [0.3, 0.4) is 0 Å². The zero-order valence-corrected chi connectivity index (χ0v) is 12.3. The number of amides is 5. The Hall–Kier alpha value is -1.77. The van der Waals surface area contributed by atoms with Crippen LogP contribution in [-0.2, 0) is 14.4 Å². The molecule has 0 saturated carbocycles. The number of rotatable bonds is 5. The van der Waals surface area contributed by atoms with Crippen molar-refractivity contribution in [2.45, 2.75) is 24.8 Å². The van der Waals surface area contributed by atoms with Gasteiger partial charge in [-0.15, -0.1) is 0 Å². The molecule has 2 saturated heterocycles. The summed E-state index contributed by atoms with van der Waals surface area (Å²) in [7, 11) is 0. The fraction of sp³-hybridized carbons (Fsp3) is 0.667. The third-order valence-corrected chi connectivity index (χ3v) is 4.55. The predicted octanol–water partition coefficient (Wildman–Crippen LogP) is -1.20. The molecule has 0 aromatic rings. The molecule has 2 fully saturated rings. The normalized spacial score (nSPS) is 24.9. The predicted molar refractivity (Wildman–Crippen MR) is 76.4 cm³/mol. The van der Waals surface area contributed by atoms with Crippen molar-refractivity contribution in [2.24, 2.45) is 5.73 Å². The Bertz CT molecular complexity index is 484. The number of piperidine rings is 1. The number of nitrogens with one attached hydrogen (secondary N) is 2. The van der Waals surface area contributed by atoms with Gasteiger partial charge in [0.15, 0.2) is 0 Å². The molecule has 2 aliphatic rings. The second kappa shape index (κ2) is 6.33. The van der Waals surface area contributed by atoms with E-state index in [2.05, 4.69) is 10.6 Å². The molecule has 4 N–H and O–H groups in total. The number of urea groups is 1. The summed E-state index contributed by atoms with van der Waals surface area (Å²) in [6.07, 6.45) is 1.47. The molecule has 5 amide bonds. The van der Waals surface area contributed by atoms with Gasteiger partial charge in [-0.2, -0.15) is 11.8 Å². The van der Waals surface area contributed by atoms with Crippen molar-refractivity contribution in [1.29, 1.82) is 0 Å². The smallest absolute Gasteiger partial charge is 0.322 e. The van der Waals surface area contributed by atoms with E-state index in [9.17, 15) is 19.2 Å². The number of hydrogen-bond acceptors (Lipinski definition) is 5. The first kappa shape index (κ1) is 15.6. The largest absolute Gasteiger partial charge is 0.369 e. The molecular formula is C12H18N4O4S. The molecule has 2 heterocycles. The van der Waals surface area contributed by atoms with Crippen LogP contribution in [-0.4, -0.2) is 58.8 Å². The summed E-state index contributed by atoms with van der Waals surface area (Å²) in [5.74, 6) is -0.165. The first-order chi connectivity index (χ1) is 9.93. The molecule has 2 rings (SSSR count). The molecular weight excluding hydrogens is 296 g/mol. The summed E-state index contributed by atoms with van der Waals surface area (Å²) in [5.41, 5.74) is 4.04. The average Bonchev–Trinajstić information content (AvgIpc) is 2.68.